The van der Waals surface area contributed by atoms with Crippen LogP contribution in [0.2, 0.25) is 0 Å². The summed E-state index contributed by atoms with van der Waals surface area (Å²) in [6.07, 6.45) is 0. The summed E-state index contributed by atoms with van der Waals surface area (Å²) in [5, 5.41) is 0.525. The molecule has 258 valence electrons. The Bertz CT molecular complexity index is 3740. The minimum absolute atomic E-state index is 0.0204. The van der Waals surface area contributed by atoms with Crippen molar-refractivity contribution in [3.8, 4) is 73.2 Å². The Morgan fingerprint density at radius 2 is 0.836 bits per heavy atom. The van der Waals surface area contributed by atoms with E-state index in [4.69, 9.17) is 32.8 Å². The van der Waals surface area contributed by atoms with Gasteiger partial charge in [-0.15, -0.1) is 0 Å². The molecule has 0 saturated carbocycles. The first-order valence-corrected chi connectivity index (χ1v) is 17.3. The first-order valence-electron chi connectivity index (χ1n) is 24.8. The van der Waals surface area contributed by atoms with Crippen LogP contribution in [0.3, 0.4) is 0 Å². The molecule has 0 atom stereocenters. The van der Waals surface area contributed by atoms with E-state index in [-0.39, 0.29) is 50.2 Å². The molecule has 0 bridgehead atoms. The van der Waals surface area contributed by atoms with Gasteiger partial charge in [-0.05, 0) is 63.7 Å². The van der Waals surface area contributed by atoms with Crippen LogP contribution in [0.15, 0.2) is 206 Å². The number of hydrogen-bond donors (Lipinski definition) is 0. The second kappa shape index (κ2) is 13.8. The van der Waals surface area contributed by atoms with E-state index in [1.165, 1.54) is 16.7 Å². The summed E-state index contributed by atoms with van der Waals surface area (Å²) in [7, 11) is 0. The predicted molar refractivity (Wildman–Crippen MR) is 227 cm³/mol. The average molecular weight is 718 g/mol. The zero-order valence-electron chi connectivity index (χ0n) is 43.8. The molecule has 0 spiro atoms. The van der Waals surface area contributed by atoms with Gasteiger partial charge in [0.1, 0.15) is 0 Å². The van der Waals surface area contributed by atoms with Gasteiger partial charge in [-0.2, -0.15) is 0 Å². The third-order valence-electron chi connectivity index (χ3n) is 9.31. The Morgan fingerprint density at radius 1 is 0.364 bits per heavy atom. The van der Waals surface area contributed by atoms with Gasteiger partial charge in [0.05, 0.1) is 31.6 Å². The molecule has 4 heteroatoms. The Labute approximate surface area is 340 Å². The second-order valence-electron chi connectivity index (χ2n) is 12.6. The molecule has 0 unspecified atom stereocenters. The minimum Gasteiger partial charge on any atom is -0.309 e. The van der Waals surface area contributed by atoms with Crippen molar-refractivity contribution in [1.29, 1.82) is 0 Å². The van der Waals surface area contributed by atoms with Gasteiger partial charge in [0, 0.05) is 33.2 Å². The van der Waals surface area contributed by atoms with E-state index >= 15 is 0 Å². The normalized spacial score (nSPS) is 15.1. The molecule has 2 aromatic heterocycles. The molecule has 10 rings (SSSR count). The topological polar surface area (TPSA) is 43.6 Å². The summed E-state index contributed by atoms with van der Waals surface area (Å²) in [6.45, 7) is 0. The highest BCUT2D eigenvalue weighted by Gasteiger charge is 2.20. The maximum atomic E-state index is 9.24. The molecule has 0 aliphatic carbocycles. The number of fused-ring (bicyclic) bond motifs is 3. The van der Waals surface area contributed by atoms with Crippen molar-refractivity contribution in [2.24, 2.45) is 0 Å². The third-order valence-corrected chi connectivity index (χ3v) is 9.31. The largest absolute Gasteiger partial charge is 0.309 e. The van der Waals surface area contributed by atoms with E-state index in [0.29, 0.717) is 33.7 Å². The average Bonchev–Trinajstić information content (AvgIpc) is 3.71. The summed E-state index contributed by atoms with van der Waals surface area (Å²) in [5.41, 5.74) is 3.04. The SMILES string of the molecule is [2H]c1c([2H])c([2H])c(-c2cc(-c3c([2H])c([2H])c([2H])c([2H])c3[2H])c3c4ccc(-c5nc(-c6ccccc6)nc(-c6ccc(-c7ccccc7)cc6)n5)cc4n(-c4c([2H])c([2H])c([2H])c([2H])c4[2H])c3c2)c([2H])c1[2H]. The molecule has 4 nitrogen and oxygen atoms in total. The van der Waals surface area contributed by atoms with Gasteiger partial charge in [0.25, 0.3) is 0 Å². The van der Waals surface area contributed by atoms with Crippen LogP contribution in [0.1, 0.15) is 20.6 Å². The highest BCUT2D eigenvalue weighted by atomic mass is 15.0. The number of rotatable bonds is 7. The van der Waals surface area contributed by atoms with Crippen molar-refractivity contribution in [3.05, 3.63) is 206 Å². The summed E-state index contributed by atoms with van der Waals surface area (Å²) < 4.78 is 133. The number of hydrogen-bond acceptors (Lipinski definition) is 3. The van der Waals surface area contributed by atoms with E-state index in [1.54, 1.807) is 18.2 Å². The lowest BCUT2D eigenvalue weighted by molar-refractivity contribution is 1.07. The second-order valence-corrected chi connectivity index (χ2v) is 12.6. The van der Waals surface area contributed by atoms with Crippen molar-refractivity contribution in [2.45, 2.75) is 0 Å². The number of benzene rings is 8. The van der Waals surface area contributed by atoms with Crippen molar-refractivity contribution < 1.29 is 20.6 Å². The molecule has 0 fully saturated rings. The summed E-state index contributed by atoms with van der Waals surface area (Å²) in [5.74, 6) is 0.869. The van der Waals surface area contributed by atoms with Gasteiger partial charge in [0.15, 0.2) is 17.5 Å². The predicted octanol–water partition coefficient (Wildman–Crippen LogP) is 13.0. The van der Waals surface area contributed by atoms with Gasteiger partial charge in [-0.25, -0.2) is 15.0 Å². The lowest BCUT2D eigenvalue weighted by Crippen LogP contribution is -2.00. The monoisotopic (exact) mass is 717 g/mol. The van der Waals surface area contributed by atoms with Gasteiger partial charge in [0.2, 0.25) is 0 Å². The molecule has 10 aromatic rings. The molecule has 0 N–H and O–H groups in total. The van der Waals surface area contributed by atoms with E-state index in [1.807, 2.05) is 84.9 Å². The van der Waals surface area contributed by atoms with Crippen molar-refractivity contribution >= 4 is 21.8 Å². The van der Waals surface area contributed by atoms with Crippen LogP contribution >= 0.6 is 0 Å². The lowest BCUT2D eigenvalue weighted by atomic mass is 9.94. The van der Waals surface area contributed by atoms with Crippen LogP contribution in [0, 0.1) is 0 Å². The van der Waals surface area contributed by atoms with Crippen LogP contribution in [-0.4, -0.2) is 19.5 Å². The first kappa shape index (κ1) is 20.1. The molecule has 0 saturated heterocycles. The maximum Gasteiger partial charge on any atom is 0.164 e. The minimum atomic E-state index is -0.665. The number of aromatic nitrogens is 4. The van der Waals surface area contributed by atoms with E-state index < -0.39 is 90.6 Å². The fraction of sp³-hybridized carbons (Fsp3) is 0. The Kier molecular flexibility index (Phi) is 5.07. The molecule has 0 amide bonds. The van der Waals surface area contributed by atoms with Gasteiger partial charge >= 0.3 is 0 Å². The fourth-order valence-corrected chi connectivity index (χ4v) is 6.79. The molecule has 2 heterocycles. The molecule has 0 aliphatic heterocycles. The Morgan fingerprint density at radius 3 is 1.47 bits per heavy atom. The van der Waals surface area contributed by atoms with Gasteiger partial charge in [-0.1, -0.05) is 176 Å². The van der Waals surface area contributed by atoms with Crippen molar-refractivity contribution in [2.75, 3.05) is 0 Å². The zero-order chi connectivity index (χ0) is 49.6. The highest BCUT2D eigenvalue weighted by Crippen LogP contribution is 2.42. The molecule has 0 radical (unpaired) electrons. The molecule has 0 aliphatic rings. The van der Waals surface area contributed by atoms with Gasteiger partial charge < -0.3 is 4.57 Å². The van der Waals surface area contributed by atoms with Crippen molar-refractivity contribution in [3.63, 3.8) is 0 Å². The first-order chi connectivity index (χ1) is 33.5. The Hall–Kier alpha value is -7.43. The van der Waals surface area contributed by atoms with Crippen LogP contribution < -0.4 is 0 Å². The maximum absolute atomic E-state index is 9.24. The fourth-order valence-electron chi connectivity index (χ4n) is 6.79. The number of para-hydroxylation sites is 1. The quantitative estimate of drug-likeness (QED) is 0.165. The molecular formula is C51H34N4. The van der Waals surface area contributed by atoms with E-state index in [9.17, 15) is 2.74 Å². The molecular weight excluding hydrogens is 669 g/mol. The van der Waals surface area contributed by atoms with E-state index in [2.05, 4.69) is 0 Å². The highest BCUT2D eigenvalue weighted by molar-refractivity contribution is 6.17. The summed E-state index contributed by atoms with van der Waals surface area (Å²) in [4.78, 5) is 14.8. The standard InChI is InChI=1S/C51H34N4/c1-6-16-35(17-7-1)37-26-28-40(29-27-37)50-52-49(39-22-12-4-13-23-39)53-51(54-50)41-30-31-44-46(33-41)55(43-24-14-5-15-25-43)47-34-42(36-18-8-2-9-19-36)32-45(48(44)47)38-20-10-3-11-21-38/h1-34H/i2D,3D,5D,8D,9D,10D,11D,14D,15D,18D,19D,20D,21D,24D,25D. The summed E-state index contributed by atoms with van der Waals surface area (Å²) >= 11 is 0. The number of nitrogens with zero attached hydrogens (tertiary/aromatic N) is 4. The lowest BCUT2D eigenvalue weighted by Gasteiger charge is -2.12. The Balaban J connectivity index is 1.34. The zero-order valence-corrected chi connectivity index (χ0v) is 28.8. The van der Waals surface area contributed by atoms with Crippen LogP contribution in [0.5, 0.6) is 0 Å². The van der Waals surface area contributed by atoms with Crippen molar-refractivity contribution in [1.82, 2.24) is 19.5 Å². The molecule has 8 aromatic carbocycles. The van der Waals surface area contributed by atoms with Crippen LogP contribution in [0.25, 0.3) is 95.0 Å². The van der Waals surface area contributed by atoms with Gasteiger partial charge in [-0.3, -0.25) is 0 Å². The van der Waals surface area contributed by atoms with Crippen LogP contribution in [0.4, 0.5) is 0 Å². The van der Waals surface area contributed by atoms with Crippen LogP contribution in [-0.2, 0) is 0 Å². The molecule has 55 heavy (non-hydrogen) atoms. The van der Waals surface area contributed by atoms with E-state index in [0.717, 1.165) is 11.1 Å². The summed E-state index contributed by atoms with van der Waals surface area (Å²) in [6, 6.07) is 25.2. The third kappa shape index (κ3) is 6.06. The smallest absolute Gasteiger partial charge is 0.164 e.